The normalized spacial score (nSPS) is 11.0. The Balaban J connectivity index is 2.43. The van der Waals surface area contributed by atoms with Gasteiger partial charge in [0.2, 0.25) is 5.75 Å². The molecule has 124 valence electrons. The van der Waals surface area contributed by atoms with Crippen LogP contribution in [0.15, 0.2) is 41.3 Å². The van der Waals surface area contributed by atoms with E-state index in [1.165, 1.54) is 51.7 Å². The maximum absolute atomic E-state index is 13.2. The lowest BCUT2D eigenvalue weighted by atomic mass is 10.2. The third kappa shape index (κ3) is 3.65. The van der Waals surface area contributed by atoms with E-state index in [9.17, 15) is 12.8 Å². The molecular weight excluding hydrogens is 325 g/mol. The van der Waals surface area contributed by atoms with Crippen LogP contribution in [-0.4, -0.2) is 29.7 Å². The summed E-state index contributed by atoms with van der Waals surface area (Å²) in [7, 11) is 0.332. The van der Waals surface area contributed by atoms with Crippen LogP contribution in [0.25, 0.3) is 0 Å². The van der Waals surface area contributed by atoms with Gasteiger partial charge in [-0.05, 0) is 18.2 Å². The van der Waals surface area contributed by atoms with E-state index < -0.39 is 15.8 Å². The average Bonchev–Trinajstić information content (AvgIpc) is 2.53. The van der Waals surface area contributed by atoms with Gasteiger partial charge in [0.25, 0.3) is 10.0 Å². The van der Waals surface area contributed by atoms with Crippen LogP contribution >= 0.6 is 0 Å². The van der Waals surface area contributed by atoms with Crippen LogP contribution in [0, 0.1) is 5.82 Å². The number of benzene rings is 2. The topological polar surface area (TPSA) is 73.9 Å². The molecule has 23 heavy (non-hydrogen) atoms. The van der Waals surface area contributed by atoms with E-state index in [-0.39, 0.29) is 10.6 Å². The molecule has 0 aromatic heterocycles. The van der Waals surface area contributed by atoms with Gasteiger partial charge < -0.3 is 14.2 Å². The monoisotopic (exact) mass is 341 g/mol. The van der Waals surface area contributed by atoms with Gasteiger partial charge in [-0.1, -0.05) is 6.07 Å². The van der Waals surface area contributed by atoms with Crippen molar-refractivity contribution >= 4 is 15.7 Å². The highest BCUT2D eigenvalue weighted by atomic mass is 32.2. The van der Waals surface area contributed by atoms with Crippen LogP contribution in [0.5, 0.6) is 17.2 Å². The van der Waals surface area contributed by atoms with Gasteiger partial charge in [-0.15, -0.1) is 0 Å². The van der Waals surface area contributed by atoms with E-state index in [4.69, 9.17) is 14.2 Å². The molecule has 0 aliphatic rings. The van der Waals surface area contributed by atoms with Crippen LogP contribution in [-0.2, 0) is 10.0 Å². The van der Waals surface area contributed by atoms with E-state index in [1.807, 2.05) is 0 Å². The molecule has 8 heteroatoms. The van der Waals surface area contributed by atoms with Crippen molar-refractivity contribution in [3.8, 4) is 17.2 Å². The summed E-state index contributed by atoms with van der Waals surface area (Å²) in [6.07, 6.45) is 0. The minimum atomic E-state index is -3.95. The third-order valence-corrected chi connectivity index (χ3v) is 4.40. The molecular formula is C15H16FNO5S. The second-order valence-electron chi connectivity index (χ2n) is 4.48. The molecule has 0 unspecified atom stereocenters. The first kappa shape index (κ1) is 16.9. The fraction of sp³-hybridized carbons (Fsp3) is 0.200. The zero-order valence-electron chi connectivity index (χ0n) is 12.8. The van der Waals surface area contributed by atoms with Gasteiger partial charge in [-0.25, -0.2) is 12.8 Å². The summed E-state index contributed by atoms with van der Waals surface area (Å²) in [4.78, 5) is -0.189. The quantitative estimate of drug-likeness (QED) is 0.874. The fourth-order valence-electron chi connectivity index (χ4n) is 1.99. The molecule has 6 nitrogen and oxygen atoms in total. The van der Waals surface area contributed by atoms with Gasteiger partial charge in [0.05, 0.1) is 31.9 Å². The Labute approximate surface area is 133 Å². The van der Waals surface area contributed by atoms with Crippen LogP contribution in [0.3, 0.4) is 0 Å². The van der Waals surface area contributed by atoms with E-state index >= 15 is 0 Å². The smallest absolute Gasteiger partial charge is 0.261 e. The molecule has 0 heterocycles. The van der Waals surface area contributed by atoms with Gasteiger partial charge in [0.15, 0.2) is 11.5 Å². The lowest BCUT2D eigenvalue weighted by Crippen LogP contribution is -2.13. The molecule has 1 N–H and O–H groups in total. The average molecular weight is 341 g/mol. The molecule has 0 aliphatic carbocycles. The number of hydrogen-bond acceptors (Lipinski definition) is 5. The molecule has 0 spiro atoms. The number of hydrogen-bond donors (Lipinski definition) is 1. The van der Waals surface area contributed by atoms with E-state index in [2.05, 4.69) is 4.72 Å². The molecule has 2 aromatic rings. The van der Waals surface area contributed by atoms with Gasteiger partial charge in [-0.3, -0.25) is 4.72 Å². The van der Waals surface area contributed by atoms with E-state index in [1.54, 1.807) is 0 Å². The van der Waals surface area contributed by atoms with Gasteiger partial charge in [-0.2, -0.15) is 0 Å². The van der Waals surface area contributed by atoms with Gasteiger partial charge >= 0.3 is 0 Å². The Morgan fingerprint density at radius 2 is 1.57 bits per heavy atom. The molecule has 0 atom stereocenters. The molecule has 0 aliphatic heterocycles. The molecule has 0 bridgehead atoms. The summed E-state index contributed by atoms with van der Waals surface area (Å²) < 4.78 is 55.7. The van der Waals surface area contributed by atoms with Crippen molar-refractivity contribution in [2.24, 2.45) is 0 Å². The minimum Gasteiger partial charge on any atom is -0.493 e. The minimum absolute atomic E-state index is 0.189. The molecule has 0 fully saturated rings. The summed E-state index contributed by atoms with van der Waals surface area (Å²) in [6.45, 7) is 0. The lowest BCUT2D eigenvalue weighted by molar-refractivity contribution is 0.325. The van der Waals surface area contributed by atoms with Crippen molar-refractivity contribution in [1.29, 1.82) is 0 Å². The van der Waals surface area contributed by atoms with Gasteiger partial charge in [0, 0.05) is 12.1 Å². The third-order valence-electron chi connectivity index (χ3n) is 3.02. The second-order valence-corrected chi connectivity index (χ2v) is 6.16. The zero-order chi connectivity index (χ0) is 17.0. The first-order valence-corrected chi connectivity index (χ1v) is 7.98. The second kappa shape index (κ2) is 6.74. The Kier molecular flexibility index (Phi) is 4.95. The molecule has 0 saturated carbocycles. The number of methoxy groups -OCH3 is 3. The molecule has 2 aromatic carbocycles. The number of sulfonamides is 1. The van der Waals surface area contributed by atoms with Crippen LogP contribution in [0.4, 0.5) is 10.1 Å². The first-order chi connectivity index (χ1) is 10.9. The predicted octanol–water partition coefficient (Wildman–Crippen LogP) is 2.65. The van der Waals surface area contributed by atoms with E-state index in [0.717, 1.165) is 6.07 Å². The van der Waals surface area contributed by atoms with E-state index in [0.29, 0.717) is 17.2 Å². The Morgan fingerprint density at radius 3 is 2.04 bits per heavy atom. The number of nitrogens with one attached hydrogen (secondary N) is 1. The Bertz CT molecular complexity index is 782. The van der Waals surface area contributed by atoms with Crippen molar-refractivity contribution in [3.05, 3.63) is 42.2 Å². The van der Waals surface area contributed by atoms with Crippen LogP contribution in [0.1, 0.15) is 0 Å². The highest BCUT2D eigenvalue weighted by molar-refractivity contribution is 7.92. The summed E-state index contributed by atoms with van der Waals surface area (Å²) in [5.41, 5.74) is 0.198. The largest absolute Gasteiger partial charge is 0.493 e. The Hall–Kier alpha value is -2.48. The number of rotatable bonds is 6. The Morgan fingerprint density at radius 1 is 0.957 bits per heavy atom. The SMILES string of the molecule is COc1cc(NS(=O)(=O)c2cccc(F)c2)cc(OC)c1OC. The molecule has 0 amide bonds. The molecule has 2 rings (SSSR count). The lowest BCUT2D eigenvalue weighted by Gasteiger charge is -2.15. The number of halogens is 1. The van der Waals surface area contributed by atoms with Crippen molar-refractivity contribution < 1.29 is 27.0 Å². The standard InChI is InChI=1S/C15H16FNO5S/c1-20-13-8-11(9-14(21-2)15(13)22-3)17-23(18,19)12-6-4-5-10(16)7-12/h4-9,17H,1-3H3. The summed E-state index contributed by atoms with van der Waals surface area (Å²) in [6, 6.07) is 7.59. The van der Waals surface area contributed by atoms with Crippen LogP contribution in [0.2, 0.25) is 0 Å². The molecule has 0 radical (unpaired) electrons. The van der Waals surface area contributed by atoms with Crippen molar-refractivity contribution in [1.82, 2.24) is 0 Å². The maximum Gasteiger partial charge on any atom is 0.261 e. The summed E-state index contributed by atoms with van der Waals surface area (Å²) in [5, 5.41) is 0. The predicted molar refractivity (Wildman–Crippen MR) is 83.3 cm³/mol. The fourth-order valence-corrected chi connectivity index (χ4v) is 3.06. The summed E-state index contributed by atoms with van der Waals surface area (Å²) in [5.74, 6) is 0.286. The zero-order valence-corrected chi connectivity index (χ0v) is 13.6. The summed E-state index contributed by atoms with van der Waals surface area (Å²) >= 11 is 0. The first-order valence-electron chi connectivity index (χ1n) is 6.49. The van der Waals surface area contributed by atoms with Crippen LogP contribution < -0.4 is 18.9 Å². The van der Waals surface area contributed by atoms with Gasteiger partial charge in [0.1, 0.15) is 5.82 Å². The van der Waals surface area contributed by atoms with Crippen molar-refractivity contribution in [3.63, 3.8) is 0 Å². The van der Waals surface area contributed by atoms with Crippen molar-refractivity contribution in [2.45, 2.75) is 4.90 Å². The highest BCUT2D eigenvalue weighted by Crippen LogP contribution is 2.40. The highest BCUT2D eigenvalue weighted by Gasteiger charge is 2.19. The molecule has 0 saturated heterocycles. The number of ether oxygens (including phenoxy) is 3. The number of anilines is 1. The van der Waals surface area contributed by atoms with Crippen molar-refractivity contribution in [2.75, 3.05) is 26.1 Å². The maximum atomic E-state index is 13.2.